The van der Waals surface area contributed by atoms with E-state index >= 15 is 0 Å². The molecule has 1 rings (SSSR count). The van der Waals surface area contributed by atoms with Crippen molar-refractivity contribution in [1.29, 1.82) is 0 Å². The Morgan fingerprint density at radius 3 is 1.77 bits per heavy atom. The van der Waals surface area contributed by atoms with E-state index in [1.165, 1.54) is 0 Å². The normalized spacial score (nSPS) is 10.2. The Balaban J connectivity index is 0.000000252. The molecule has 0 saturated heterocycles. The molecule has 2 nitrogen and oxygen atoms in total. The van der Waals surface area contributed by atoms with Gasteiger partial charge in [-0.1, -0.05) is 23.7 Å². The highest BCUT2D eigenvalue weighted by molar-refractivity contribution is 9.10. The van der Waals surface area contributed by atoms with Gasteiger partial charge in [0.1, 0.15) is 0 Å². The molecule has 0 radical (unpaired) electrons. The van der Waals surface area contributed by atoms with Crippen LogP contribution in [-0.2, 0) is 8.26 Å². The third kappa shape index (κ3) is 10.4. The van der Waals surface area contributed by atoms with E-state index in [0.717, 1.165) is 9.50 Å². The van der Waals surface area contributed by atoms with E-state index in [0.29, 0.717) is 0 Å². The van der Waals surface area contributed by atoms with Crippen molar-refractivity contribution in [3.05, 3.63) is 33.8 Å². The van der Waals surface area contributed by atoms with Crippen LogP contribution in [0.25, 0.3) is 0 Å². The van der Waals surface area contributed by atoms with Crippen LogP contribution in [-0.4, -0.2) is 8.42 Å². The molecule has 0 N–H and O–H groups in total. The van der Waals surface area contributed by atoms with Gasteiger partial charge >= 0.3 is 8.26 Å². The zero-order valence-corrected chi connectivity index (χ0v) is 10.7. The molecular weight excluding hydrogens is 322 g/mol. The molecule has 1 aromatic rings. The molecule has 0 spiro atoms. The van der Waals surface area contributed by atoms with Crippen molar-refractivity contribution in [3.8, 4) is 0 Å². The molecular formula is C6H4BrCl3O2S. The van der Waals surface area contributed by atoms with E-state index in [4.69, 9.17) is 20.0 Å². The zero-order valence-electron chi connectivity index (χ0n) is 6.05. The van der Waals surface area contributed by atoms with Crippen LogP contribution in [0, 0.1) is 0 Å². The minimum absolute atomic E-state index is 0.757. The third-order valence-corrected chi connectivity index (χ3v) is 2.07. The second-order valence-electron chi connectivity index (χ2n) is 1.79. The first-order valence-corrected chi connectivity index (χ1v) is 7.15. The highest BCUT2D eigenvalue weighted by Crippen LogP contribution is 2.20. The maximum atomic E-state index is 9.16. The summed E-state index contributed by atoms with van der Waals surface area (Å²) in [4.78, 5) is 0. The highest BCUT2D eigenvalue weighted by atomic mass is 79.9. The maximum absolute atomic E-state index is 9.16. The molecule has 0 atom stereocenters. The fourth-order valence-corrected chi connectivity index (χ4v) is 0.860. The first kappa shape index (κ1) is 13.5. The van der Waals surface area contributed by atoms with Crippen LogP contribution in [0.15, 0.2) is 28.7 Å². The highest BCUT2D eigenvalue weighted by Gasteiger charge is 1.89. The predicted octanol–water partition coefficient (Wildman–Crippen LogP) is 3.81. The topological polar surface area (TPSA) is 34.1 Å². The molecule has 0 aromatic heterocycles. The molecule has 0 aliphatic rings. The lowest BCUT2D eigenvalue weighted by Gasteiger charge is -1.88. The number of hydrogen-bond donors (Lipinski definition) is 0. The number of rotatable bonds is 0. The van der Waals surface area contributed by atoms with Gasteiger partial charge < -0.3 is 0 Å². The van der Waals surface area contributed by atoms with Crippen molar-refractivity contribution in [1.82, 2.24) is 0 Å². The van der Waals surface area contributed by atoms with E-state index in [9.17, 15) is 0 Å². The van der Waals surface area contributed by atoms with Crippen molar-refractivity contribution in [2.75, 3.05) is 0 Å². The second kappa shape index (κ2) is 6.09. The lowest BCUT2D eigenvalue weighted by atomic mass is 10.4. The van der Waals surface area contributed by atoms with Gasteiger partial charge in [-0.05, 0) is 28.1 Å². The average molecular weight is 326 g/mol. The smallest absolute Gasteiger partial charge is 0.195 e. The Kier molecular flexibility index (Phi) is 6.33. The van der Waals surface area contributed by atoms with Gasteiger partial charge in [0.2, 0.25) is 0 Å². The van der Waals surface area contributed by atoms with Gasteiger partial charge in [-0.3, -0.25) is 0 Å². The Labute approximate surface area is 98.8 Å². The van der Waals surface area contributed by atoms with Crippen LogP contribution in [0.1, 0.15) is 0 Å². The quantitative estimate of drug-likeness (QED) is 0.679. The van der Waals surface area contributed by atoms with Crippen molar-refractivity contribution in [3.63, 3.8) is 0 Å². The number of halogens is 4. The third-order valence-electron chi connectivity index (χ3n) is 0.824. The molecule has 0 heterocycles. The Morgan fingerprint density at radius 2 is 1.54 bits per heavy atom. The zero-order chi connectivity index (χ0) is 10.5. The van der Waals surface area contributed by atoms with Crippen molar-refractivity contribution in [2.24, 2.45) is 0 Å². The fraction of sp³-hybridized carbons (Fsp3) is 0. The van der Waals surface area contributed by atoms with Gasteiger partial charge in [-0.25, -0.2) is 0 Å². The monoisotopic (exact) mass is 324 g/mol. The van der Waals surface area contributed by atoms with Crippen molar-refractivity contribution in [2.45, 2.75) is 0 Å². The number of hydrogen-bond acceptors (Lipinski definition) is 2. The molecule has 1 aromatic carbocycles. The Morgan fingerprint density at radius 1 is 1.15 bits per heavy atom. The van der Waals surface area contributed by atoms with Gasteiger partial charge in [0.05, 0.1) is 5.02 Å². The first-order valence-electron chi connectivity index (χ1n) is 2.85. The molecule has 0 unspecified atom stereocenters. The minimum Gasteiger partial charge on any atom is -0.195 e. The molecule has 0 bridgehead atoms. The van der Waals surface area contributed by atoms with Gasteiger partial charge in [-0.2, -0.15) is 8.42 Å². The SMILES string of the molecule is Clc1ccccc1Br.O=S(=O)(Cl)Cl. The van der Waals surface area contributed by atoms with Crippen LogP contribution < -0.4 is 0 Å². The van der Waals surface area contributed by atoms with Crippen molar-refractivity contribution < 1.29 is 8.42 Å². The Hall–Kier alpha value is 0.520. The standard InChI is InChI=1S/C6H4BrCl.Cl2O2S/c7-5-3-1-2-4-6(5)8;1-5(2,3)4/h1-4H;. The molecule has 0 fully saturated rings. The summed E-state index contributed by atoms with van der Waals surface area (Å²) in [6.07, 6.45) is 0. The molecule has 0 aliphatic carbocycles. The van der Waals surface area contributed by atoms with Crippen LogP contribution in [0.5, 0.6) is 0 Å². The summed E-state index contributed by atoms with van der Waals surface area (Å²) >= 11 is 8.93. The first-order chi connectivity index (χ1) is 5.80. The summed E-state index contributed by atoms with van der Waals surface area (Å²) in [6, 6.07) is 7.57. The van der Waals surface area contributed by atoms with Gasteiger partial charge in [-0.15, -0.1) is 0 Å². The van der Waals surface area contributed by atoms with Gasteiger partial charge in [0.15, 0.2) is 0 Å². The summed E-state index contributed by atoms with van der Waals surface area (Å²) in [7, 11) is 4.81. The van der Waals surface area contributed by atoms with Crippen LogP contribution in [0.4, 0.5) is 0 Å². The van der Waals surface area contributed by atoms with E-state index in [1.54, 1.807) is 0 Å². The molecule has 13 heavy (non-hydrogen) atoms. The maximum Gasteiger partial charge on any atom is 0.317 e. The van der Waals surface area contributed by atoms with E-state index in [1.807, 2.05) is 24.3 Å². The summed E-state index contributed by atoms with van der Waals surface area (Å²) < 4.78 is 19.3. The largest absolute Gasteiger partial charge is 0.317 e. The summed E-state index contributed by atoms with van der Waals surface area (Å²) in [5.74, 6) is 0. The minimum atomic E-state index is -3.72. The van der Waals surface area contributed by atoms with E-state index in [2.05, 4.69) is 37.3 Å². The van der Waals surface area contributed by atoms with Crippen LogP contribution >= 0.6 is 48.9 Å². The van der Waals surface area contributed by atoms with Crippen LogP contribution in [0.2, 0.25) is 5.02 Å². The predicted molar refractivity (Wildman–Crippen MR) is 59.8 cm³/mol. The summed E-state index contributed by atoms with van der Waals surface area (Å²) in [5, 5.41) is 0.757. The van der Waals surface area contributed by atoms with Gasteiger partial charge in [0.25, 0.3) is 0 Å². The average Bonchev–Trinajstić information content (AvgIpc) is 1.92. The summed E-state index contributed by atoms with van der Waals surface area (Å²) in [5.41, 5.74) is 0. The molecule has 7 heteroatoms. The second-order valence-corrected chi connectivity index (χ2v) is 6.72. The fourth-order valence-electron chi connectivity index (χ4n) is 0.439. The van der Waals surface area contributed by atoms with Gasteiger partial charge in [0, 0.05) is 25.8 Å². The van der Waals surface area contributed by atoms with Crippen molar-refractivity contribution >= 4 is 57.2 Å². The van der Waals surface area contributed by atoms with E-state index < -0.39 is 8.26 Å². The molecule has 0 aliphatic heterocycles. The molecule has 74 valence electrons. The molecule has 0 amide bonds. The van der Waals surface area contributed by atoms with Crippen LogP contribution in [0.3, 0.4) is 0 Å². The lowest BCUT2D eigenvalue weighted by Crippen LogP contribution is -1.63. The van der Waals surface area contributed by atoms with E-state index in [-0.39, 0.29) is 0 Å². The Bertz CT molecular complexity index is 337. The lowest BCUT2D eigenvalue weighted by molar-refractivity contribution is 0.621. The molecule has 0 saturated carbocycles. The summed E-state index contributed by atoms with van der Waals surface area (Å²) in [6.45, 7) is 0. The number of benzene rings is 1.